The molecule has 2 aromatic heterocycles. The minimum absolute atomic E-state index is 0.223. The van der Waals surface area contributed by atoms with Gasteiger partial charge in [-0.2, -0.15) is 0 Å². The van der Waals surface area contributed by atoms with E-state index in [1.54, 1.807) is 65.4 Å². The molecule has 174 valence electrons. The van der Waals surface area contributed by atoms with Gasteiger partial charge in [0.2, 0.25) is 0 Å². The summed E-state index contributed by atoms with van der Waals surface area (Å²) in [5.74, 6) is 1.46. The quantitative estimate of drug-likeness (QED) is 0.444. The number of pyridine rings is 1. The van der Waals surface area contributed by atoms with Gasteiger partial charge in [-0.1, -0.05) is 11.6 Å². The first-order chi connectivity index (χ1) is 16.4. The molecule has 1 amide bonds. The number of fused-ring (bicyclic) bond motifs is 1. The number of carboxylic acid groups (broad SMARTS) is 1. The highest BCUT2D eigenvalue weighted by atomic mass is 35.5. The number of carbonyl (C=O) groups is 1. The average Bonchev–Trinajstić information content (AvgIpc) is 3.14. The molecule has 3 N–H and O–H groups in total. The van der Waals surface area contributed by atoms with Crippen LogP contribution in [0.5, 0.6) is 11.5 Å². The average molecular weight is 480 g/mol. The van der Waals surface area contributed by atoms with Crippen molar-refractivity contribution in [1.82, 2.24) is 19.0 Å². The third-order valence-corrected chi connectivity index (χ3v) is 6.24. The second kappa shape index (κ2) is 8.75. The van der Waals surface area contributed by atoms with Crippen LogP contribution in [0.1, 0.15) is 18.9 Å². The fourth-order valence-corrected chi connectivity index (χ4v) is 4.55. The Morgan fingerprint density at radius 3 is 2.44 bits per heavy atom. The van der Waals surface area contributed by atoms with Crippen molar-refractivity contribution in [3.05, 3.63) is 76.3 Å². The molecular weight excluding hydrogens is 458 g/mol. The lowest BCUT2D eigenvalue weighted by atomic mass is 10.1. The monoisotopic (exact) mass is 479 g/mol. The van der Waals surface area contributed by atoms with E-state index in [2.05, 4.69) is 4.98 Å². The molecule has 1 aliphatic heterocycles. The first-order valence-electron chi connectivity index (χ1n) is 10.8. The van der Waals surface area contributed by atoms with Gasteiger partial charge in [0.25, 0.3) is 0 Å². The van der Waals surface area contributed by atoms with Crippen LogP contribution in [0.3, 0.4) is 0 Å². The fourth-order valence-electron chi connectivity index (χ4n) is 4.42. The molecule has 1 unspecified atom stereocenters. The van der Waals surface area contributed by atoms with Crippen LogP contribution in [0.15, 0.2) is 65.6 Å². The van der Waals surface area contributed by atoms with Gasteiger partial charge < -0.3 is 20.5 Å². The summed E-state index contributed by atoms with van der Waals surface area (Å²) in [7, 11) is 0. The Kier molecular flexibility index (Phi) is 5.62. The summed E-state index contributed by atoms with van der Waals surface area (Å²) in [6.45, 7) is 0.697. The molecule has 10 heteroatoms. The summed E-state index contributed by atoms with van der Waals surface area (Å²) in [5.41, 5.74) is 7.62. The molecule has 2 aromatic carbocycles. The van der Waals surface area contributed by atoms with Gasteiger partial charge in [0, 0.05) is 24.3 Å². The van der Waals surface area contributed by atoms with E-state index in [1.165, 1.54) is 9.47 Å². The number of imidazole rings is 1. The maximum atomic E-state index is 13.7. The number of nitrogens with two attached hydrogens (primary N) is 1. The first kappa shape index (κ1) is 21.8. The minimum Gasteiger partial charge on any atom is -0.465 e. The number of hydrogen-bond donors (Lipinski definition) is 2. The van der Waals surface area contributed by atoms with Crippen LogP contribution < -0.4 is 16.2 Å². The summed E-state index contributed by atoms with van der Waals surface area (Å²) in [4.78, 5) is 30.7. The normalized spacial score (nSPS) is 16.0. The number of piperidine rings is 1. The smallest absolute Gasteiger partial charge is 0.407 e. The van der Waals surface area contributed by atoms with Gasteiger partial charge in [0.05, 0.1) is 17.2 Å². The van der Waals surface area contributed by atoms with Crippen LogP contribution in [0.25, 0.3) is 16.7 Å². The zero-order valence-corrected chi connectivity index (χ0v) is 18.9. The lowest BCUT2D eigenvalue weighted by Crippen LogP contribution is -2.42. The molecular formula is C24H22ClN5O4. The van der Waals surface area contributed by atoms with Crippen LogP contribution in [-0.4, -0.2) is 43.3 Å². The van der Waals surface area contributed by atoms with Crippen LogP contribution >= 0.6 is 11.6 Å². The Balaban J connectivity index is 1.55. The van der Waals surface area contributed by atoms with Crippen molar-refractivity contribution in [3.8, 4) is 17.2 Å². The van der Waals surface area contributed by atoms with Crippen LogP contribution in [-0.2, 0) is 0 Å². The molecule has 5 rings (SSSR count). The Labute approximate surface area is 199 Å². The number of halogens is 1. The van der Waals surface area contributed by atoms with Crippen molar-refractivity contribution >= 4 is 34.5 Å². The summed E-state index contributed by atoms with van der Waals surface area (Å²) in [6.07, 6.45) is 1.93. The second-order valence-corrected chi connectivity index (χ2v) is 8.56. The Bertz CT molecular complexity index is 1410. The molecule has 0 saturated carbocycles. The molecule has 0 spiro atoms. The third-order valence-electron chi connectivity index (χ3n) is 5.99. The lowest BCUT2D eigenvalue weighted by molar-refractivity contribution is 0.121. The molecule has 1 atom stereocenters. The highest BCUT2D eigenvalue weighted by Gasteiger charge is 2.29. The molecule has 3 heterocycles. The van der Waals surface area contributed by atoms with Crippen molar-refractivity contribution in [3.63, 3.8) is 0 Å². The van der Waals surface area contributed by atoms with E-state index in [4.69, 9.17) is 22.1 Å². The van der Waals surface area contributed by atoms with E-state index in [0.717, 1.165) is 0 Å². The highest BCUT2D eigenvalue weighted by molar-refractivity contribution is 6.30. The Morgan fingerprint density at radius 1 is 1.09 bits per heavy atom. The van der Waals surface area contributed by atoms with Crippen LogP contribution in [0.2, 0.25) is 5.02 Å². The summed E-state index contributed by atoms with van der Waals surface area (Å²) >= 11 is 5.92. The van der Waals surface area contributed by atoms with E-state index in [0.29, 0.717) is 52.6 Å². The standard InChI is InChI=1S/C24H22ClN5O4/c25-15-3-7-18(8-4-15)34-19-9-5-16(6-10-19)30-21-20(11-12-27-22(21)26)29(23(30)31)17-2-1-13-28(14-17)24(32)33/h3-12,17H,1-2,13-14H2,(H2,26,27)(H,32,33). The maximum Gasteiger partial charge on any atom is 0.407 e. The topological polar surface area (TPSA) is 116 Å². The number of hydrogen-bond acceptors (Lipinski definition) is 5. The van der Waals surface area contributed by atoms with Crippen molar-refractivity contribution in [2.75, 3.05) is 18.8 Å². The number of nitrogen functional groups attached to an aromatic ring is 1. The van der Waals surface area contributed by atoms with Gasteiger partial charge in [-0.25, -0.2) is 14.6 Å². The molecule has 0 bridgehead atoms. The summed E-state index contributed by atoms with van der Waals surface area (Å²) < 4.78 is 9.01. The molecule has 0 radical (unpaired) electrons. The van der Waals surface area contributed by atoms with E-state index in [9.17, 15) is 14.7 Å². The molecule has 1 aliphatic rings. The van der Waals surface area contributed by atoms with Crippen molar-refractivity contribution in [1.29, 1.82) is 0 Å². The molecule has 0 aliphatic carbocycles. The van der Waals surface area contributed by atoms with Crippen molar-refractivity contribution in [2.24, 2.45) is 0 Å². The summed E-state index contributed by atoms with van der Waals surface area (Å²) in [6, 6.07) is 15.5. The van der Waals surface area contributed by atoms with Gasteiger partial charge in [0.15, 0.2) is 0 Å². The Morgan fingerprint density at radius 2 is 1.76 bits per heavy atom. The van der Waals surface area contributed by atoms with Crippen molar-refractivity contribution in [2.45, 2.75) is 18.9 Å². The molecule has 34 heavy (non-hydrogen) atoms. The largest absolute Gasteiger partial charge is 0.465 e. The molecule has 9 nitrogen and oxygen atoms in total. The summed E-state index contributed by atoms with van der Waals surface area (Å²) in [5, 5.41) is 10.1. The predicted octanol–water partition coefficient (Wildman–Crippen LogP) is 4.53. The van der Waals surface area contributed by atoms with Crippen molar-refractivity contribution < 1.29 is 14.6 Å². The molecule has 4 aromatic rings. The third kappa shape index (κ3) is 3.94. The minimum atomic E-state index is -0.987. The van der Waals surface area contributed by atoms with Gasteiger partial charge in [-0.15, -0.1) is 0 Å². The van der Waals surface area contributed by atoms with Gasteiger partial charge in [0.1, 0.15) is 22.8 Å². The number of nitrogens with zero attached hydrogens (tertiary/aromatic N) is 4. The zero-order chi connectivity index (χ0) is 23.8. The maximum absolute atomic E-state index is 13.7. The number of ether oxygens (including phenoxy) is 1. The number of anilines is 1. The van der Waals surface area contributed by atoms with E-state index in [-0.39, 0.29) is 24.1 Å². The molecule has 1 saturated heterocycles. The zero-order valence-electron chi connectivity index (χ0n) is 18.1. The number of likely N-dealkylation sites (tertiary alicyclic amines) is 1. The SMILES string of the molecule is Nc1nccc2c1n(-c1ccc(Oc3ccc(Cl)cc3)cc1)c(=O)n2C1CCCN(C(=O)O)C1. The number of benzene rings is 2. The van der Waals surface area contributed by atoms with Gasteiger partial charge in [-0.3, -0.25) is 9.13 Å². The van der Waals surface area contributed by atoms with E-state index >= 15 is 0 Å². The van der Waals surface area contributed by atoms with E-state index in [1.807, 2.05) is 0 Å². The van der Waals surface area contributed by atoms with E-state index < -0.39 is 6.09 Å². The lowest BCUT2D eigenvalue weighted by Gasteiger charge is -2.31. The molecule has 1 fully saturated rings. The fraction of sp³-hybridized carbons (Fsp3) is 0.208. The number of rotatable bonds is 4. The van der Waals surface area contributed by atoms with Crippen LogP contribution in [0, 0.1) is 0 Å². The van der Waals surface area contributed by atoms with Gasteiger partial charge in [-0.05, 0) is 67.4 Å². The van der Waals surface area contributed by atoms with Gasteiger partial charge >= 0.3 is 11.8 Å². The number of amides is 1. The highest BCUT2D eigenvalue weighted by Crippen LogP contribution is 2.29. The number of aromatic nitrogens is 3. The Hall–Kier alpha value is -3.98. The van der Waals surface area contributed by atoms with Crippen LogP contribution in [0.4, 0.5) is 10.6 Å². The predicted molar refractivity (Wildman–Crippen MR) is 129 cm³/mol. The second-order valence-electron chi connectivity index (χ2n) is 8.13. The first-order valence-corrected chi connectivity index (χ1v) is 11.2.